The zero-order chi connectivity index (χ0) is 16.5. The van der Waals surface area contributed by atoms with Gasteiger partial charge < -0.3 is 5.32 Å². The van der Waals surface area contributed by atoms with E-state index in [2.05, 4.69) is 5.32 Å². The number of hydrogen-bond donors (Lipinski definition) is 1. The predicted octanol–water partition coefficient (Wildman–Crippen LogP) is 2.31. The molecule has 22 heavy (non-hydrogen) atoms. The van der Waals surface area contributed by atoms with Crippen LogP contribution >= 0.6 is 23.8 Å². The van der Waals surface area contributed by atoms with Crippen LogP contribution in [0, 0.1) is 6.92 Å². The number of sulfone groups is 1. The molecule has 1 saturated heterocycles. The standard InChI is InChI=1S/C14H20ClN3O2S2/c1-10-12(15)5-4-6-13(10)16-14(21)18(17(2)3)11-7-8-22(19,20)9-11/h4-6,11H,7-9H2,1-3H3,(H,16,21)/t11-/m0/s1. The molecule has 122 valence electrons. The first-order valence-electron chi connectivity index (χ1n) is 6.94. The summed E-state index contributed by atoms with van der Waals surface area (Å²) in [5, 5.41) is 7.94. The van der Waals surface area contributed by atoms with Gasteiger partial charge in [0.1, 0.15) is 0 Å². The van der Waals surface area contributed by atoms with Gasteiger partial charge in [-0.3, -0.25) is 5.01 Å². The Balaban J connectivity index is 2.19. The van der Waals surface area contributed by atoms with E-state index in [-0.39, 0.29) is 17.5 Å². The Morgan fingerprint density at radius 2 is 2.09 bits per heavy atom. The predicted molar refractivity (Wildman–Crippen MR) is 95.0 cm³/mol. The lowest BCUT2D eigenvalue weighted by Crippen LogP contribution is -2.51. The molecule has 0 spiro atoms. The van der Waals surface area contributed by atoms with Gasteiger partial charge in [0.2, 0.25) is 0 Å². The Kier molecular flexibility index (Phi) is 5.32. The molecule has 0 radical (unpaired) electrons. The molecule has 1 heterocycles. The Labute approximate surface area is 142 Å². The monoisotopic (exact) mass is 361 g/mol. The summed E-state index contributed by atoms with van der Waals surface area (Å²) in [6.07, 6.45) is 0.580. The fourth-order valence-corrected chi connectivity index (χ4v) is 4.85. The first-order chi connectivity index (χ1) is 10.2. The fourth-order valence-electron chi connectivity index (χ4n) is 2.56. The number of halogens is 1. The highest BCUT2D eigenvalue weighted by molar-refractivity contribution is 7.91. The minimum Gasteiger partial charge on any atom is -0.331 e. The summed E-state index contributed by atoms with van der Waals surface area (Å²) in [5.74, 6) is 0.336. The normalized spacial score (nSPS) is 20.1. The van der Waals surface area contributed by atoms with Crippen LogP contribution in [-0.2, 0) is 9.84 Å². The molecule has 1 N–H and O–H groups in total. The van der Waals surface area contributed by atoms with E-state index in [0.29, 0.717) is 16.6 Å². The number of hydrogen-bond acceptors (Lipinski definition) is 4. The molecule has 1 aliphatic rings. The van der Waals surface area contributed by atoms with Gasteiger partial charge in [-0.1, -0.05) is 17.7 Å². The molecule has 5 nitrogen and oxygen atoms in total. The lowest BCUT2D eigenvalue weighted by molar-refractivity contribution is 0.0757. The van der Waals surface area contributed by atoms with Crippen LogP contribution in [0.1, 0.15) is 12.0 Å². The Morgan fingerprint density at radius 1 is 1.41 bits per heavy atom. The van der Waals surface area contributed by atoms with Crippen molar-refractivity contribution in [2.75, 3.05) is 30.9 Å². The van der Waals surface area contributed by atoms with E-state index in [0.717, 1.165) is 11.3 Å². The maximum Gasteiger partial charge on any atom is 0.188 e. The third-order valence-corrected chi connectivity index (χ3v) is 6.15. The molecule has 1 atom stereocenters. The molecule has 1 aromatic rings. The van der Waals surface area contributed by atoms with Crippen LogP contribution in [0.5, 0.6) is 0 Å². The van der Waals surface area contributed by atoms with Crippen LogP contribution < -0.4 is 5.32 Å². The van der Waals surface area contributed by atoms with E-state index in [1.807, 2.05) is 49.2 Å². The Morgan fingerprint density at radius 3 is 2.64 bits per heavy atom. The van der Waals surface area contributed by atoms with Crippen molar-refractivity contribution in [2.24, 2.45) is 0 Å². The van der Waals surface area contributed by atoms with Gasteiger partial charge in [0.25, 0.3) is 0 Å². The maximum atomic E-state index is 11.7. The van der Waals surface area contributed by atoms with Gasteiger partial charge in [-0.05, 0) is 43.3 Å². The van der Waals surface area contributed by atoms with Crippen molar-refractivity contribution in [3.05, 3.63) is 28.8 Å². The number of nitrogens with one attached hydrogen (secondary N) is 1. The second kappa shape index (κ2) is 6.70. The molecule has 0 amide bonds. The van der Waals surface area contributed by atoms with Gasteiger partial charge in [0, 0.05) is 24.8 Å². The van der Waals surface area contributed by atoms with E-state index in [4.69, 9.17) is 23.8 Å². The number of anilines is 1. The quantitative estimate of drug-likeness (QED) is 0.658. The number of nitrogens with zero attached hydrogens (tertiary/aromatic N) is 2. The number of thiocarbonyl (C=S) groups is 1. The molecule has 1 aliphatic heterocycles. The summed E-state index contributed by atoms with van der Waals surface area (Å²) in [7, 11) is 0.730. The van der Waals surface area contributed by atoms with E-state index in [9.17, 15) is 8.42 Å². The van der Waals surface area contributed by atoms with E-state index < -0.39 is 9.84 Å². The minimum absolute atomic E-state index is 0.127. The highest BCUT2D eigenvalue weighted by atomic mass is 35.5. The average Bonchev–Trinajstić information content (AvgIpc) is 2.74. The largest absolute Gasteiger partial charge is 0.331 e. The zero-order valence-corrected chi connectivity index (χ0v) is 15.2. The van der Waals surface area contributed by atoms with Crippen molar-refractivity contribution < 1.29 is 8.42 Å². The van der Waals surface area contributed by atoms with Gasteiger partial charge in [0.05, 0.1) is 17.5 Å². The van der Waals surface area contributed by atoms with Crippen LogP contribution in [0.25, 0.3) is 0 Å². The molecule has 0 bridgehead atoms. The van der Waals surface area contributed by atoms with Crippen molar-refractivity contribution in [1.29, 1.82) is 0 Å². The molecule has 2 rings (SSSR count). The molecule has 0 unspecified atom stereocenters. The minimum atomic E-state index is -2.97. The summed E-state index contributed by atoms with van der Waals surface area (Å²) >= 11 is 11.6. The first kappa shape index (κ1) is 17.5. The molecule has 0 aromatic heterocycles. The Hall–Kier alpha value is -0.890. The summed E-state index contributed by atoms with van der Waals surface area (Å²) in [4.78, 5) is 0. The lowest BCUT2D eigenvalue weighted by Gasteiger charge is -2.36. The molecule has 0 aliphatic carbocycles. The lowest BCUT2D eigenvalue weighted by atomic mass is 10.2. The van der Waals surface area contributed by atoms with Crippen LogP contribution in [0.15, 0.2) is 18.2 Å². The van der Waals surface area contributed by atoms with Crippen LogP contribution in [0.3, 0.4) is 0 Å². The zero-order valence-electron chi connectivity index (χ0n) is 12.8. The van der Waals surface area contributed by atoms with Crippen molar-refractivity contribution in [3.63, 3.8) is 0 Å². The fraction of sp³-hybridized carbons (Fsp3) is 0.500. The van der Waals surface area contributed by atoms with E-state index in [1.54, 1.807) is 0 Å². The van der Waals surface area contributed by atoms with Gasteiger partial charge >= 0.3 is 0 Å². The van der Waals surface area contributed by atoms with Crippen LogP contribution in [0.2, 0.25) is 5.02 Å². The van der Waals surface area contributed by atoms with Crippen molar-refractivity contribution >= 4 is 44.5 Å². The van der Waals surface area contributed by atoms with Crippen molar-refractivity contribution in [1.82, 2.24) is 10.0 Å². The first-order valence-corrected chi connectivity index (χ1v) is 9.55. The van der Waals surface area contributed by atoms with Crippen LogP contribution in [-0.4, -0.2) is 55.2 Å². The van der Waals surface area contributed by atoms with Gasteiger partial charge in [-0.2, -0.15) is 0 Å². The smallest absolute Gasteiger partial charge is 0.188 e. The number of rotatable bonds is 3. The topological polar surface area (TPSA) is 52.7 Å². The Bertz CT molecular complexity index is 677. The van der Waals surface area contributed by atoms with E-state index in [1.165, 1.54) is 0 Å². The third kappa shape index (κ3) is 3.90. The van der Waals surface area contributed by atoms with Crippen molar-refractivity contribution in [2.45, 2.75) is 19.4 Å². The molecular weight excluding hydrogens is 342 g/mol. The molecule has 1 aromatic carbocycles. The van der Waals surface area contributed by atoms with Gasteiger partial charge in [-0.25, -0.2) is 13.4 Å². The molecule has 0 saturated carbocycles. The second-order valence-corrected chi connectivity index (χ2v) is 8.61. The maximum absolute atomic E-state index is 11.7. The summed E-state index contributed by atoms with van der Waals surface area (Å²) in [6.45, 7) is 1.91. The number of benzene rings is 1. The SMILES string of the molecule is Cc1c(Cl)cccc1NC(=S)N([C@H]1CCS(=O)(=O)C1)N(C)C. The van der Waals surface area contributed by atoms with Gasteiger partial charge in [-0.15, -0.1) is 0 Å². The second-order valence-electron chi connectivity index (χ2n) is 5.59. The summed E-state index contributed by atoms with van der Waals surface area (Å²) < 4.78 is 23.4. The van der Waals surface area contributed by atoms with Crippen molar-refractivity contribution in [3.8, 4) is 0 Å². The highest BCUT2D eigenvalue weighted by Gasteiger charge is 2.34. The number of hydrazine groups is 1. The highest BCUT2D eigenvalue weighted by Crippen LogP contribution is 2.25. The third-order valence-electron chi connectivity index (χ3n) is 3.70. The average molecular weight is 362 g/mol. The molecule has 1 fully saturated rings. The molecule has 8 heteroatoms. The van der Waals surface area contributed by atoms with Gasteiger partial charge in [0.15, 0.2) is 14.9 Å². The van der Waals surface area contributed by atoms with E-state index >= 15 is 0 Å². The summed E-state index contributed by atoms with van der Waals surface area (Å²) in [5.41, 5.74) is 1.73. The van der Waals surface area contributed by atoms with Crippen LogP contribution in [0.4, 0.5) is 5.69 Å². The molecular formula is C14H20ClN3O2S2. The summed E-state index contributed by atoms with van der Waals surface area (Å²) in [6, 6.07) is 5.42.